The van der Waals surface area contributed by atoms with Crippen LogP contribution in [0.15, 0.2) is 48.5 Å². The number of ether oxygens (including phenoxy) is 1. The largest absolute Gasteiger partial charge is 0.493 e. The lowest BCUT2D eigenvalue weighted by atomic mass is 10.2. The lowest BCUT2D eigenvalue weighted by molar-refractivity contribution is 0.102. The maximum absolute atomic E-state index is 12.5. The molecule has 2 N–H and O–H groups in total. The Bertz CT molecular complexity index is 863. The summed E-state index contributed by atoms with van der Waals surface area (Å²) in [5, 5.41) is 5.09. The zero-order valence-electron chi connectivity index (χ0n) is 12.8. The summed E-state index contributed by atoms with van der Waals surface area (Å²) in [6.45, 7) is 0.622. The molecule has 3 aromatic rings. The zero-order chi connectivity index (χ0) is 16.9. The van der Waals surface area contributed by atoms with E-state index < -0.39 is 0 Å². The number of carbonyl (C=O) groups excluding carboxylic acids is 1. The van der Waals surface area contributed by atoms with Gasteiger partial charge in [-0.05, 0) is 36.8 Å². The van der Waals surface area contributed by atoms with E-state index in [-0.39, 0.29) is 5.91 Å². The lowest BCUT2D eigenvalue weighted by Gasteiger charge is -2.05. The lowest BCUT2D eigenvalue weighted by Crippen LogP contribution is -2.12. The topological polar surface area (TPSA) is 54.1 Å². The Morgan fingerprint density at radius 2 is 2.04 bits per heavy atom. The minimum absolute atomic E-state index is 0.245. The van der Waals surface area contributed by atoms with Crippen LogP contribution in [0.25, 0.3) is 10.9 Å². The molecule has 0 saturated heterocycles. The number of hydrogen-bond acceptors (Lipinski definition) is 2. The fourth-order valence-corrected chi connectivity index (χ4v) is 2.78. The van der Waals surface area contributed by atoms with Gasteiger partial charge in [-0.25, -0.2) is 0 Å². The van der Waals surface area contributed by atoms with Crippen molar-refractivity contribution in [3.8, 4) is 5.75 Å². The van der Waals surface area contributed by atoms with Crippen LogP contribution in [0.2, 0.25) is 5.02 Å². The predicted octanol–water partition coefficient (Wildman–Crippen LogP) is 5.24. The van der Waals surface area contributed by atoms with Gasteiger partial charge in [-0.15, -0.1) is 0 Å². The number of halogens is 2. The van der Waals surface area contributed by atoms with E-state index in [0.717, 1.165) is 28.4 Å². The van der Waals surface area contributed by atoms with Gasteiger partial charge < -0.3 is 15.0 Å². The van der Waals surface area contributed by atoms with Gasteiger partial charge >= 0.3 is 0 Å². The van der Waals surface area contributed by atoms with Gasteiger partial charge in [0.25, 0.3) is 5.91 Å². The van der Waals surface area contributed by atoms with Gasteiger partial charge in [-0.3, -0.25) is 4.79 Å². The number of aromatic amines is 1. The first-order valence-corrected chi connectivity index (χ1v) is 9.05. The number of carbonyl (C=O) groups is 1. The van der Waals surface area contributed by atoms with Crippen molar-refractivity contribution in [2.75, 3.05) is 17.3 Å². The number of rotatable bonds is 6. The maximum Gasteiger partial charge on any atom is 0.272 e. The molecule has 0 bridgehead atoms. The molecule has 1 aromatic heterocycles. The summed E-state index contributed by atoms with van der Waals surface area (Å²) in [6.07, 6.45) is 0.917. The van der Waals surface area contributed by atoms with Gasteiger partial charge in [0.15, 0.2) is 0 Å². The van der Waals surface area contributed by atoms with E-state index >= 15 is 0 Å². The van der Waals surface area contributed by atoms with Crippen molar-refractivity contribution in [2.45, 2.75) is 6.42 Å². The predicted molar refractivity (Wildman–Crippen MR) is 102 cm³/mol. The summed E-state index contributed by atoms with van der Waals surface area (Å²) in [6, 6.07) is 14.7. The molecule has 0 saturated carbocycles. The average Bonchev–Trinajstić information content (AvgIpc) is 3.02. The van der Waals surface area contributed by atoms with Crippen LogP contribution in [0.3, 0.4) is 0 Å². The molecule has 0 aliphatic heterocycles. The van der Waals surface area contributed by atoms with Crippen molar-refractivity contribution in [3.05, 3.63) is 59.2 Å². The summed E-state index contributed by atoms with van der Waals surface area (Å²) in [7, 11) is 0. The van der Waals surface area contributed by atoms with Crippen LogP contribution >= 0.6 is 27.5 Å². The van der Waals surface area contributed by atoms with Crippen LogP contribution in [-0.4, -0.2) is 22.8 Å². The SMILES string of the molecule is O=C(Nc1ccccc1Cl)c1cc2c(OCCCBr)cccc2[nH]1. The molecule has 1 heterocycles. The van der Waals surface area contributed by atoms with Crippen LogP contribution in [0.5, 0.6) is 5.75 Å². The van der Waals surface area contributed by atoms with Crippen LogP contribution in [0.4, 0.5) is 5.69 Å². The first kappa shape index (κ1) is 16.9. The smallest absolute Gasteiger partial charge is 0.272 e. The van der Waals surface area contributed by atoms with Crippen LogP contribution in [0, 0.1) is 0 Å². The van der Waals surface area contributed by atoms with Crippen molar-refractivity contribution < 1.29 is 9.53 Å². The van der Waals surface area contributed by atoms with E-state index in [1.165, 1.54) is 0 Å². The van der Waals surface area contributed by atoms with Gasteiger partial charge in [0.1, 0.15) is 11.4 Å². The van der Waals surface area contributed by atoms with Crippen molar-refractivity contribution >= 4 is 50.0 Å². The summed E-state index contributed by atoms with van der Waals surface area (Å²) >= 11 is 9.47. The standard InChI is InChI=1S/C18H16BrClN2O2/c19-9-4-10-24-17-8-3-7-14-12(17)11-16(21-14)18(23)22-15-6-2-1-5-13(15)20/h1-3,5-8,11,21H,4,9-10H2,(H,22,23). The number of benzene rings is 2. The van der Waals surface area contributed by atoms with E-state index in [9.17, 15) is 4.79 Å². The Hall–Kier alpha value is -1.98. The highest BCUT2D eigenvalue weighted by atomic mass is 79.9. The van der Waals surface area contributed by atoms with E-state index in [0.29, 0.717) is 23.0 Å². The molecule has 0 aliphatic carbocycles. The minimum Gasteiger partial charge on any atom is -0.493 e. The number of anilines is 1. The number of H-pyrrole nitrogens is 1. The van der Waals surface area contributed by atoms with Crippen molar-refractivity contribution in [2.24, 2.45) is 0 Å². The van der Waals surface area contributed by atoms with Crippen LogP contribution in [-0.2, 0) is 0 Å². The molecule has 4 nitrogen and oxygen atoms in total. The van der Waals surface area contributed by atoms with Crippen molar-refractivity contribution in [3.63, 3.8) is 0 Å². The normalized spacial score (nSPS) is 10.8. The monoisotopic (exact) mass is 406 g/mol. The Morgan fingerprint density at radius 3 is 2.83 bits per heavy atom. The second kappa shape index (κ2) is 7.73. The number of fused-ring (bicyclic) bond motifs is 1. The van der Waals surface area contributed by atoms with Crippen LogP contribution < -0.4 is 10.1 Å². The molecule has 0 aliphatic rings. The van der Waals surface area contributed by atoms with E-state index in [4.69, 9.17) is 16.3 Å². The third kappa shape index (κ3) is 3.74. The number of nitrogens with one attached hydrogen (secondary N) is 2. The van der Waals surface area contributed by atoms with E-state index in [2.05, 4.69) is 26.2 Å². The zero-order valence-corrected chi connectivity index (χ0v) is 15.2. The summed E-state index contributed by atoms with van der Waals surface area (Å²) in [5.74, 6) is 0.521. The molecule has 0 atom stereocenters. The molecule has 0 unspecified atom stereocenters. The molecular formula is C18H16BrClN2O2. The number of hydrogen-bond donors (Lipinski definition) is 2. The summed E-state index contributed by atoms with van der Waals surface area (Å²) < 4.78 is 5.79. The van der Waals surface area contributed by atoms with Gasteiger partial charge in [0, 0.05) is 16.2 Å². The second-order valence-corrected chi connectivity index (χ2v) is 6.43. The molecule has 3 rings (SSSR count). The number of amides is 1. The molecule has 6 heteroatoms. The molecule has 124 valence electrons. The third-order valence-corrected chi connectivity index (χ3v) is 4.42. The molecule has 0 fully saturated rings. The van der Waals surface area contributed by atoms with E-state index in [1.54, 1.807) is 18.2 Å². The average molecular weight is 408 g/mol. The Balaban J connectivity index is 1.83. The first-order chi connectivity index (χ1) is 11.7. The molecule has 2 aromatic carbocycles. The van der Waals surface area contributed by atoms with Crippen LogP contribution in [0.1, 0.15) is 16.9 Å². The Kier molecular flexibility index (Phi) is 5.43. The Morgan fingerprint density at radius 1 is 1.21 bits per heavy atom. The Labute approximate surface area is 153 Å². The molecule has 0 spiro atoms. The number of alkyl halides is 1. The number of para-hydroxylation sites is 1. The highest BCUT2D eigenvalue weighted by Gasteiger charge is 2.13. The summed E-state index contributed by atoms with van der Waals surface area (Å²) in [5.41, 5.74) is 1.90. The summed E-state index contributed by atoms with van der Waals surface area (Å²) in [4.78, 5) is 15.6. The molecule has 1 amide bonds. The van der Waals surface area contributed by atoms with Gasteiger partial charge in [-0.1, -0.05) is 45.7 Å². The quantitative estimate of drug-likeness (QED) is 0.434. The third-order valence-electron chi connectivity index (χ3n) is 3.53. The van der Waals surface area contributed by atoms with Gasteiger partial charge in [0.2, 0.25) is 0 Å². The second-order valence-electron chi connectivity index (χ2n) is 5.23. The fourth-order valence-electron chi connectivity index (χ4n) is 2.36. The highest BCUT2D eigenvalue weighted by Crippen LogP contribution is 2.27. The van der Waals surface area contributed by atoms with E-state index in [1.807, 2.05) is 30.3 Å². The van der Waals surface area contributed by atoms with Crippen molar-refractivity contribution in [1.29, 1.82) is 0 Å². The molecule has 0 radical (unpaired) electrons. The molecular weight excluding hydrogens is 392 g/mol. The first-order valence-electron chi connectivity index (χ1n) is 7.55. The van der Waals surface area contributed by atoms with Crippen molar-refractivity contribution in [1.82, 2.24) is 4.98 Å². The molecule has 24 heavy (non-hydrogen) atoms. The minimum atomic E-state index is -0.245. The number of aromatic nitrogens is 1. The van der Waals surface area contributed by atoms with Gasteiger partial charge in [-0.2, -0.15) is 0 Å². The highest BCUT2D eigenvalue weighted by molar-refractivity contribution is 9.09. The fraction of sp³-hybridized carbons (Fsp3) is 0.167. The maximum atomic E-state index is 12.5. The van der Waals surface area contributed by atoms with Gasteiger partial charge in [0.05, 0.1) is 17.3 Å².